The highest BCUT2D eigenvalue weighted by Gasteiger charge is 2.36. The van der Waals surface area contributed by atoms with E-state index in [2.05, 4.69) is 34.6 Å². The van der Waals surface area contributed by atoms with Crippen LogP contribution in [0.2, 0.25) is 0 Å². The number of benzene rings is 1. The second-order valence-corrected chi connectivity index (χ2v) is 9.95. The topological polar surface area (TPSA) is 103 Å². The Morgan fingerprint density at radius 1 is 1.08 bits per heavy atom. The molecule has 1 amide bonds. The summed E-state index contributed by atoms with van der Waals surface area (Å²) in [6.07, 6.45) is -0.459. The molecule has 3 N–H and O–H groups in total. The smallest absolute Gasteiger partial charge is 0.419 e. The first-order valence-electron chi connectivity index (χ1n) is 13.0. The largest absolute Gasteiger partial charge is 0.465 e. The molecule has 0 unspecified atom stereocenters. The second-order valence-electron chi connectivity index (χ2n) is 9.95. The Morgan fingerprint density at radius 2 is 1.74 bits per heavy atom. The number of hydrogen-bond donors (Lipinski definition) is 3. The lowest BCUT2D eigenvalue weighted by atomic mass is 10.1. The fraction of sp³-hybridized carbons (Fsp3) is 0.429. The summed E-state index contributed by atoms with van der Waals surface area (Å²) in [7, 11) is 1.35. The van der Waals surface area contributed by atoms with Crippen molar-refractivity contribution in [1.82, 2.24) is 20.3 Å². The van der Waals surface area contributed by atoms with Crippen LogP contribution >= 0.6 is 0 Å². The van der Waals surface area contributed by atoms with Crippen molar-refractivity contribution in [3.05, 3.63) is 70.8 Å². The first-order valence-corrected chi connectivity index (χ1v) is 13.0. The quantitative estimate of drug-likeness (QED) is 0.357. The van der Waals surface area contributed by atoms with Gasteiger partial charge in [0.2, 0.25) is 0 Å². The number of fused-ring (bicyclic) bond motifs is 1. The lowest BCUT2D eigenvalue weighted by molar-refractivity contribution is -0.137. The molecule has 1 aromatic carbocycles. The number of nitrogens with one attached hydrogen (secondary N) is 2. The van der Waals surface area contributed by atoms with E-state index < -0.39 is 17.8 Å². The van der Waals surface area contributed by atoms with Crippen LogP contribution in [-0.4, -0.2) is 46.3 Å². The third-order valence-corrected chi connectivity index (χ3v) is 6.70. The van der Waals surface area contributed by atoms with Gasteiger partial charge in [0.1, 0.15) is 17.5 Å². The second kappa shape index (κ2) is 11.9. The summed E-state index contributed by atoms with van der Waals surface area (Å²) in [6, 6.07) is 10.9. The molecule has 1 aliphatic heterocycles. The lowest BCUT2D eigenvalue weighted by Crippen LogP contribution is -2.29. The molecular formula is C28H33F3N6O2. The number of alkyl halides is 3. The van der Waals surface area contributed by atoms with Crippen molar-refractivity contribution in [1.29, 1.82) is 0 Å². The molecule has 39 heavy (non-hydrogen) atoms. The standard InChI is InChI=1S/C26H28F3N5.C2H5NO2/c1-16(2)23-32-22-12-15-34(25-21(26(27,28)29)4-3-13-30-25)14-11-20(22)24(33-23)31-19-9-7-18(8-10-19)17-5-6-17;1-3-2(4)5/h3-4,7-10,13,16-17H,5-6,11-12,14-15H2,1-2H3,(H,31,32,33);3H,1H3,(H,4,5). The number of anilines is 3. The summed E-state index contributed by atoms with van der Waals surface area (Å²) < 4.78 is 40.8. The van der Waals surface area contributed by atoms with Gasteiger partial charge in [-0.2, -0.15) is 13.2 Å². The van der Waals surface area contributed by atoms with E-state index in [0.717, 1.165) is 34.7 Å². The van der Waals surface area contributed by atoms with Crippen LogP contribution < -0.4 is 15.5 Å². The van der Waals surface area contributed by atoms with Crippen molar-refractivity contribution >= 4 is 23.4 Å². The van der Waals surface area contributed by atoms with Gasteiger partial charge in [0.25, 0.3) is 0 Å². The summed E-state index contributed by atoms with van der Waals surface area (Å²) >= 11 is 0. The van der Waals surface area contributed by atoms with Gasteiger partial charge in [-0.05, 0) is 55.0 Å². The Bertz CT molecular complexity index is 1290. The third kappa shape index (κ3) is 7.15. The van der Waals surface area contributed by atoms with Gasteiger partial charge in [-0.25, -0.2) is 19.7 Å². The van der Waals surface area contributed by atoms with E-state index >= 15 is 0 Å². The molecule has 8 nitrogen and oxygen atoms in total. The predicted octanol–water partition coefficient (Wildman–Crippen LogP) is 6.12. The Hall–Kier alpha value is -3.89. The zero-order chi connectivity index (χ0) is 28.2. The van der Waals surface area contributed by atoms with Crippen LogP contribution in [0, 0.1) is 0 Å². The molecule has 1 fully saturated rings. The van der Waals surface area contributed by atoms with Crippen molar-refractivity contribution in [2.75, 3.05) is 30.4 Å². The predicted molar refractivity (Wildman–Crippen MR) is 144 cm³/mol. The zero-order valence-electron chi connectivity index (χ0n) is 22.2. The summed E-state index contributed by atoms with van der Waals surface area (Å²) in [4.78, 5) is 24.7. The molecule has 0 atom stereocenters. The molecule has 2 aliphatic rings. The normalized spacial score (nSPS) is 15.1. The molecule has 0 radical (unpaired) electrons. The molecule has 208 valence electrons. The number of carbonyl (C=O) groups is 1. The average Bonchev–Trinajstić information content (AvgIpc) is 3.76. The van der Waals surface area contributed by atoms with Crippen molar-refractivity contribution in [2.24, 2.45) is 0 Å². The Morgan fingerprint density at radius 3 is 2.33 bits per heavy atom. The maximum Gasteiger partial charge on any atom is 0.419 e. The van der Waals surface area contributed by atoms with Crippen LogP contribution in [0.5, 0.6) is 0 Å². The molecule has 0 bridgehead atoms. The van der Waals surface area contributed by atoms with Crippen molar-refractivity contribution in [3.63, 3.8) is 0 Å². The molecule has 1 aliphatic carbocycles. The van der Waals surface area contributed by atoms with E-state index in [1.807, 2.05) is 19.2 Å². The highest BCUT2D eigenvalue weighted by atomic mass is 19.4. The van der Waals surface area contributed by atoms with E-state index in [4.69, 9.17) is 15.1 Å². The molecule has 3 heterocycles. The van der Waals surface area contributed by atoms with Crippen LogP contribution in [0.15, 0.2) is 42.6 Å². The van der Waals surface area contributed by atoms with Crippen molar-refractivity contribution in [2.45, 2.75) is 57.5 Å². The van der Waals surface area contributed by atoms with Gasteiger partial charge in [0, 0.05) is 49.9 Å². The molecule has 1 saturated carbocycles. The minimum absolute atomic E-state index is 0.0231. The number of carboxylic acid groups (broad SMARTS) is 1. The Kier molecular flexibility index (Phi) is 8.57. The molecule has 11 heteroatoms. The van der Waals surface area contributed by atoms with Gasteiger partial charge >= 0.3 is 12.3 Å². The minimum Gasteiger partial charge on any atom is -0.465 e. The van der Waals surface area contributed by atoms with E-state index in [0.29, 0.717) is 31.8 Å². The number of pyridine rings is 1. The molecule has 3 aromatic rings. The van der Waals surface area contributed by atoms with Gasteiger partial charge in [-0.3, -0.25) is 0 Å². The maximum absolute atomic E-state index is 13.6. The fourth-order valence-corrected chi connectivity index (χ4v) is 4.45. The van der Waals surface area contributed by atoms with Crippen molar-refractivity contribution in [3.8, 4) is 0 Å². The first-order chi connectivity index (χ1) is 18.6. The Labute approximate surface area is 225 Å². The number of hydrogen-bond acceptors (Lipinski definition) is 6. The lowest BCUT2D eigenvalue weighted by Gasteiger charge is -2.24. The number of halogens is 3. The summed E-state index contributed by atoms with van der Waals surface area (Å²) in [5.74, 6) is 2.28. The highest BCUT2D eigenvalue weighted by molar-refractivity contribution is 5.63. The van der Waals surface area contributed by atoms with Gasteiger partial charge in [0.05, 0.1) is 11.3 Å². The molecule has 5 rings (SSSR count). The van der Waals surface area contributed by atoms with Gasteiger partial charge in [-0.1, -0.05) is 26.0 Å². The summed E-state index contributed by atoms with van der Waals surface area (Å²) in [6.45, 7) is 4.91. The number of nitrogens with zero attached hydrogens (tertiary/aromatic N) is 4. The maximum atomic E-state index is 13.6. The van der Waals surface area contributed by atoms with Gasteiger partial charge in [-0.15, -0.1) is 0 Å². The third-order valence-electron chi connectivity index (χ3n) is 6.70. The number of aromatic nitrogens is 3. The van der Waals surface area contributed by atoms with E-state index in [1.54, 1.807) is 4.90 Å². The SMILES string of the molecule is CC(C)c1nc2c(c(Nc3ccc(C4CC4)cc3)n1)CCN(c1ncccc1C(F)(F)F)CC2.CNC(=O)O. The van der Waals surface area contributed by atoms with Gasteiger partial charge < -0.3 is 20.6 Å². The monoisotopic (exact) mass is 542 g/mol. The number of amides is 1. The van der Waals surface area contributed by atoms with E-state index in [-0.39, 0.29) is 11.7 Å². The fourth-order valence-electron chi connectivity index (χ4n) is 4.45. The van der Waals surface area contributed by atoms with Crippen molar-refractivity contribution < 1.29 is 23.1 Å². The van der Waals surface area contributed by atoms with Gasteiger partial charge in [0.15, 0.2) is 0 Å². The number of rotatable bonds is 5. The minimum atomic E-state index is -4.45. The van der Waals surface area contributed by atoms with Crippen LogP contribution in [0.4, 0.5) is 35.3 Å². The first kappa shape index (κ1) is 28.1. The average molecular weight is 543 g/mol. The molecular weight excluding hydrogens is 509 g/mol. The summed E-state index contributed by atoms with van der Waals surface area (Å²) in [5.41, 5.74) is 3.46. The molecule has 0 spiro atoms. The zero-order valence-corrected chi connectivity index (χ0v) is 22.2. The van der Waals surface area contributed by atoms with Crippen LogP contribution in [-0.2, 0) is 19.0 Å². The molecule has 2 aromatic heterocycles. The molecule has 0 saturated heterocycles. The van der Waals surface area contributed by atoms with Crippen LogP contribution in [0.3, 0.4) is 0 Å². The van der Waals surface area contributed by atoms with E-state index in [1.165, 1.54) is 37.7 Å². The van der Waals surface area contributed by atoms with E-state index in [9.17, 15) is 18.0 Å². The van der Waals surface area contributed by atoms with Crippen LogP contribution in [0.1, 0.15) is 66.7 Å². The highest BCUT2D eigenvalue weighted by Crippen LogP contribution is 2.40. The van der Waals surface area contributed by atoms with Crippen LogP contribution in [0.25, 0.3) is 0 Å². The Balaban J connectivity index is 0.000000648. The summed E-state index contributed by atoms with van der Waals surface area (Å²) in [5, 5.41) is 13.0.